The molecule has 1 saturated heterocycles. The average Bonchev–Trinajstić information content (AvgIpc) is 2.99. The first-order valence-electron chi connectivity index (χ1n) is 15.2. The number of ether oxygens (including phenoxy) is 3. The Kier molecular flexibility index (Phi) is 10.4. The minimum absolute atomic E-state index is 0.0598. The van der Waals surface area contributed by atoms with Crippen molar-refractivity contribution in [1.82, 2.24) is 0 Å². The molecule has 2 aliphatic rings. The summed E-state index contributed by atoms with van der Waals surface area (Å²) in [5.41, 5.74) is -0.760. The second-order valence-electron chi connectivity index (χ2n) is 11.9. The van der Waals surface area contributed by atoms with E-state index < -0.39 is 64.5 Å². The van der Waals surface area contributed by atoms with E-state index in [0.29, 0.717) is 23.6 Å². The maximum atomic E-state index is 15.2. The minimum atomic E-state index is -4.72. The molecule has 5 rings (SSSR count). The monoisotopic (exact) mass is 642 g/mol. The van der Waals surface area contributed by atoms with E-state index in [1.807, 2.05) is 6.07 Å². The van der Waals surface area contributed by atoms with Gasteiger partial charge in [-0.1, -0.05) is 44.7 Å². The van der Waals surface area contributed by atoms with E-state index in [-0.39, 0.29) is 30.9 Å². The summed E-state index contributed by atoms with van der Waals surface area (Å²) >= 11 is 0. The van der Waals surface area contributed by atoms with Crippen LogP contribution in [-0.4, -0.2) is 13.2 Å². The third kappa shape index (κ3) is 7.62. The van der Waals surface area contributed by atoms with Gasteiger partial charge in [-0.2, -0.15) is 8.78 Å². The van der Waals surface area contributed by atoms with Crippen LogP contribution in [0.3, 0.4) is 0 Å². The molecule has 0 radical (unpaired) electrons. The van der Waals surface area contributed by atoms with Crippen LogP contribution in [0.1, 0.15) is 98.7 Å². The Morgan fingerprint density at radius 2 is 1.31 bits per heavy atom. The van der Waals surface area contributed by atoms with Gasteiger partial charge in [-0.05, 0) is 66.8 Å². The highest BCUT2D eigenvalue weighted by atomic mass is 19.3. The van der Waals surface area contributed by atoms with Crippen molar-refractivity contribution in [2.45, 2.75) is 82.5 Å². The predicted octanol–water partition coefficient (Wildman–Crippen LogP) is 10.3. The van der Waals surface area contributed by atoms with Crippen LogP contribution in [0, 0.1) is 40.8 Å². The molecule has 11 heteroatoms. The van der Waals surface area contributed by atoms with E-state index in [2.05, 4.69) is 11.7 Å². The second-order valence-corrected chi connectivity index (χ2v) is 11.9. The molecule has 2 fully saturated rings. The van der Waals surface area contributed by atoms with Gasteiger partial charge < -0.3 is 14.2 Å². The summed E-state index contributed by atoms with van der Waals surface area (Å²) in [6.07, 6.45) is 3.26. The van der Waals surface area contributed by atoms with E-state index in [9.17, 15) is 30.7 Å². The van der Waals surface area contributed by atoms with Crippen molar-refractivity contribution in [2.24, 2.45) is 5.92 Å². The molecular formula is C34H34F8O3. The number of hydrogen-bond donors (Lipinski definition) is 0. The van der Waals surface area contributed by atoms with Crippen LogP contribution in [0.4, 0.5) is 35.1 Å². The smallest absolute Gasteiger partial charge is 0.429 e. The topological polar surface area (TPSA) is 27.7 Å². The van der Waals surface area contributed by atoms with Crippen LogP contribution in [-0.2, 0) is 15.6 Å². The highest BCUT2D eigenvalue weighted by molar-refractivity contribution is 5.33. The summed E-state index contributed by atoms with van der Waals surface area (Å²) in [7, 11) is 0. The first kappa shape index (κ1) is 33.2. The van der Waals surface area contributed by atoms with Gasteiger partial charge in [0, 0.05) is 23.6 Å². The zero-order chi connectivity index (χ0) is 32.3. The van der Waals surface area contributed by atoms with Gasteiger partial charge in [-0.25, -0.2) is 26.3 Å². The van der Waals surface area contributed by atoms with Crippen molar-refractivity contribution < 1.29 is 49.3 Å². The van der Waals surface area contributed by atoms with Crippen LogP contribution in [0.15, 0.2) is 42.5 Å². The Morgan fingerprint density at radius 3 is 1.89 bits per heavy atom. The van der Waals surface area contributed by atoms with Crippen LogP contribution in [0.5, 0.6) is 5.75 Å². The first-order valence-corrected chi connectivity index (χ1v) is 15.2. The van der Waals surface area contributed by atoms with Crippen molar-refractivity contribution in [1.29, 1.82) is 0 Å². The number of alkyl halides is 2. The normalized spacial score (nSPS) is 22.4. The summed E-state index contributed by atoms with van der Waals surface area (Å²) in [6, 6.07) is 6.55. The lowest BCUT2D eigenvalue weighted by atomic mass is 9.76. The van der Waals surface area contributed by atoms with Gasteiger partial charge in [0.15, 0.2) is 23.7 Å². The molecular weight excluding hydrogens is 608 g/mol. The van der Waals surface area contributed by atoms with Gasteiger partial charge in [0.2, 0.25) is 0 Å². The molecule has 0 aromatic heterocycles. The van der Waals surface area contributed by atoms with Crippen molar-refractivity contribution in [3.05, 3.63) is 99.6 Å². The SMILES string of the molecule is CCCCCC1CCC(c2ccc(C3COC(c4cc(F)c(C(F)(F)Oc5cc(F)c(F)c(F)c5)c(F)c4)OC3)c(F)c2)CC1. The van der Waals surface area contributed by atoms with Gasteiger partial charge in [0.25, 0.3) is 0 Å². The summed E-state index contributed by atoms with van der Waals surface area (Å²) in [4.78, 5) is 0. The Labute approximate surface area is 256 Å². The van der Waals surface area contributed by atoms with Crippen LogP contribution >= 0.6 is 0 Å². The van der Waals surface area contributed by atoms with Gasteiger partial charge in [-0.15, -0.1) is 0 Å². The lowest BCUT2D eigenvalue weighted by Crippen LogP contribution is -2.28. The van der Waals surface area contributed by atoms with Crippen molar-refractivity contribution >= 4 is 0 Å². The zero-order valence-electron chi connectivity index (χ0n) is 24.7. The van der Waals surface area contributed by atoms with E-state index in [1.54, 1.807) is 12.1 Å². The average molecular weight is 643 g/mol. The van der Waals surface area contributed by atoms with Gasteiger partial charge in [-0.3, -0.25) is 0 Å². The third-order valence-electron chi connectivity index (χ3n) is 8.73. The fraction of sp³-hybridized carbons (Fsp3) is 0.471. The maximum absolute atomic E-state index is 15.2. The lowest BCUT2D eigenvalue weighted by Gasteiger charge is -2.31. The Morgan fingerprint density at radius 1 is 0.711 bits per heavy atom. The standard InChI is InChI=1S/C34H34F8O3/c1-2-3-4-5-19-6-8-20(9-7-19)21-10-11-25(26(35)12-21)23-17-43-33(44-18-23)22-13-27(36)31(28(37)14-22)34(41,42)45-24-15-29(38)32(40)30(39)16-24/h10-16,19-20,23,33H,2-9,17-18H2,1H3. The molecule has 1 heterocycles. The third-order valence-corrected chi connectivity index (χ3v) is 8.73. The Bertz CT molecular complexity index is 1430. The molecule has 1 saturated carbocycles. The van der Waals surface area contributed by atoms with E-state index >= 15 is 4.39 Å². The molecule has 45 heavy (non-hydrogen) atoms. The van der Waals surface area contributed by atoms with E-state index in [0.717, 1.165) is 37.2 Å². The van der Waals surface area contributed by atoms with Crippen molar-refractivity contribution in [3.63, 3.8) is 0 Å². The molecule has 3 aromatic rings. The Balaban J connectivity index is 1.20. The number of hydrogen-bond acceptors (Lipinski definition) is 3. The molecule has 0 N–H and O–H groups in total. The van der Waals surface area contributed by atoms with Crippen LogP contribution in [0.25, 0.3) is 0 Å². The summed E-state index contributed by atoms with van der Waals surface area (Å²) in [6.45, 7) is 2.08. The molecule has 244 valence electrons. The fourth-order valence-corrected chi connectivity index (χ4v) is 6.27. The van der Waals surface area contributed by atoms with Crippen LogP contribution < -0.4 is 4.74 Å². The van der Waals surface area contributed by atoms with E-state index in [1.165, 1.54) is 25.7 Å². The summed E-state index contributed by atoms with van der Waals surface area (Å²) in [5.74, 6) is -10.1. The number of halogens is 8. The molecule has 0 unspecified atom stereocenters. The molecule has 3 nitrogen and oxygen atoms in total. The Hall–Kier alpha value is -3.18. The lowest BCUT2D eigenvalue weighted by molar-refractivity contribution is -0.194. The summed E-state index contributed by atoms with van der Waals surface area (Å²) < 4.78 is 129. The number of unbranched alkanes of at least 4 members (excludes halogenated alkanes) is 2. The quantitative estimate of drug-likeness (QED) is 0.125. The molecule has 0 spiro atoms. The molecule has 0 atom stereocenters. The molecule has 1 aliphatic carbocycles. The van der Waals surface area contributed by atoms with Gasteiger partial charge in [0.05, 0.1) is 13.2 Å². The summed E-state index contributed by atoms with van der Waals surface area (Å²) in [5, 5.41) is 0. The first-order chi connectivity index (χ1) is 21.5. The van der Waals surface area contributed by atoms with Crippen molar-refractivity contribution in [3.8, 4) is 5.75 Å². The van der Waals surface area contributed by atoms with Gasteiger partial charge in [0.1, 0.15) is 28.8 Å². The number of benzene rings is 3. The largest absolute Gasteiger partial charge is 0.432 e. The fourth-order valence-electron chi connectivity index (χ4n) is 6.27. The van der Waals surface area contributed by atoms with Gasteiger partial charge >= 0.3 is 6.11 Å². The zero-order valence-corrected chi connectivity index (χ0v) is 24.7. The highest BCUT2D eigenvalue weighted by Crippen LogP contribution is 2.41. The highest BCUT2D eigenvalue weighted by Gasteiger charge is 2.42. The second kappa shape index (κ2) is 14.1. The predicted molar refractivity (Wildman–Crippen MR) is 150 cm³/mol. The molecule has 0 bridgehead atoms. The maximum Gasteiger partial charge on any atom is 0.432 e. The number of rotatable bonds is 10. The van der Waals surface area contributed by atoms with E-state index in [4.69, 9.17) is 9.47 Å². The molecule has 1 aliphatic heterocycles. The molecule has 0 amide bonds. The minimum Gasteiger partial charge on any atom is -0.429 e. The molecule has 3 aromatic carbocycles. The van der Waals surface area contributed by atoms with Crippen molar-refractivity contribution in [2.75, 3.05) is 13.2 Å². The van der Waals surface area contributed by atoms with Crippen LogP contribution in [0.2, 0.25) is 0 Å².